The normalized spacial score (nSPS) is 50.5. The molecule has 5 aliphatic heterocycles. The molecule has 0 saturated carbocycles. The zero-order chi connectivity index (χ0) is 37.7. The largest absolute Gasteiger partial charge is 0.462 e. The molecule has 0 unspecified atom stereocenters. The third kappa shape index (κ3) is 7.50. The zero-order valence-electron chi connectivity index (χ0n) is 31.7. The third-order valence-corrected chi connectivity index (χ3v) is 12.6. The van der Waals surface area contributed by atoms with Crippen LogP contribution in [0.15, 0.2) is 47.1 Å². The van der Waals surface area contributed by atoms with Crippen molar-refractivity contribution in [1.82, 2.24) is 0 Å². The van der Waals surface area contributed by atoms with Gasteiger partial charge in [0.05, 0.1) is 43.2 Å². The number of carbonyl (C=O) groups is 1. The molecule has 6 N–H and O–H groups in total. The fraction of sp³-hybridized carbons (Fsp3) is 0.775. The molecular formula is C40H61NO11. The van der Waals surface area contributed by atoms with E-state index >= 15 is 0 Å². The fourth-order valence-electron chi connectivity index (χ4n) is 9.10. The number of nitrogens with two attached hydrogens (primary N) is 1. The van der Waals surface area contributed by atoms with E-state index in [1.54, 1.807) is 32.1 Å². The van der Waals surface area contributed by atoms with Gasteiger partial charge in [-0.05, 0) is 62.2 Å². The number of ether oxygens (including phenoxy) is 6. The molecule has 0 aromatic rings. The molecule has 5 heterocycles. The van der Waals surface area contributed by atoms with Gasteiger partial charge in [0.2, 0.25) is 0 Å². The number of aliphatic hydroxyl groups excluding tert-OH is 3. The smallest absolute Gasteiger partial charge is 0.316 e. The summed E-state index contributed by atoms with van der Waals surface area (Å²) < 4.78 is 38.5. The summed E-state index contributed by atoms with van der Waals surface area (Å²) in [6, 6.07) is -0.948. The maximum atomic E-state index is 14.2. The topological polar surface area (TPSA) is 179 Å². The lowest BCUT2D eigenvalue weighted by molar-refractivity contribution is -0.340. The van der Waals surface area contributed by atoms with Gasteiger partial charge in [-0.15, -0.1) is 0 Å². The lowest BCUT2D eigenvalue weighted by atomic mass is 9.71. The molecule has 0 radical (unpaired) electrons. The number of fused-ring (bicyclic) bond motifs is 2. The molecule has 292 valence electrons. The van der Waals surface area contributed by atoms with Crippen LogP contribution in [0.5, 0.6) is 0 Å². The lowest BCUT2D eigenvalue weighted by Crippen LogP contribution is -2.61. The Kier molecular flexibility index (Phi) is 11.9. The summed E-state index contributed by atoms with van der Waals surface area (Å²) in [5.74, 6) is -2.24. The van der Waals surface area contributed by atoms with Gasteiger partial charge < -0.3 is 54.6 Å². The standard InChI is InChI=1S/C40H61NO11/c1-8-20(2)35-23(5)14-15-39(52-35)18-28-17-27(51-39)13-12-22(4)34(50-38-33(44)30(41)32(43)25(7)48-38)21(3)10-9-11-26-19-47-36-31(42)24(6)16-29(37(45)49-28)40(26,36)46/h9-12,16,20-21,23,25,27-36,38,42-44,46H,8,13-15,17-19,41H2,1-7H3/b10-9+,22-12+,26-11+/t20-,21-,23-,25+,27+,28-,29-,30-,31+,32+,33+,34-,35+,36+,38-,39+,40+/m0/s1. The molecule has 6 aliphatic rings. The predicted octanol–water partition coefficient (Wildman–Crippen LogP) is 3.35. The van der Waals surface area contributed by atoms with E-state index in [1.165, 1.54) is 0 Å². The van der Waals surface area contributed by atoms with Crippen molar-refractivity contribution in [3.8, 4) is 0 Å². The monoisotopic (exact) mass is 731 g/mol. The van der Waals surface area contributed by atoms with Crippen LogP contribution >= 0.6 is 0 Å². The molecule has 12 nitrogen and oxygen atoms in total. The van der Waals surface area contributed by atoms with Crippen molar-refractivity contribution >= 4 is 5.97 Å². The van der Waals surface area contributed by atoms with E-state index in [9.17, 15) is 25.2 Å². The average molecular weight is 732 g/mol. The van der Waals surface area contributed by atoms with Gasteiger partial charge >= 0.3 is 5.97 Å². The van der Waals surface area contributed by atoms with E-state index in [-0.39, 0.29) is 24.7 Å². The summed E-state index contributed by atoms with van der Waals surface area (Å²) in [5, 5.41) is 44.8. The Hall–Kier alpha value is -1.97. The van der Waals surface area contributed by atoms with E-state index in [4.69, 9.17) is 34.2 Å². The first-order valence-electron chi connectivity index (χ1n) is 19.3. The Bertz CT molecular complexity index is 1430. The minimum atomic E-state index is -1.83. The first-order valence-corrected chi connectivity index (χ1v) is 19.3. The minimum Gasteiger partial charge on any atom is -0.462 e. The molecule has 6 rings (SSSR count). The molecule has 0 aromatic heterocycles. The summed E-state index contributed by atoms with van der Waals surface area (Å²) in [5.41, 5.74) is 6.17. The summed E-state index contributed by atoms with van der Waals surface area (Å²) in [6.45, 7) is 13.9. The van der Waals surface area contributed by atoms with Crippen molar-refractivity contribution in [1.29, 1.82) is 0 Å². The number of hydrogen-bond acceptors (Lipinski definition) is 12. The van der Waals surface area contributed by atoms with Gasteiger partial charge in [0.25, 0.3) is 0 Å². The van der Waals surface area contributed by atoms with Crippen LogP contribution in [0, 0.1) is 23.7 Å². The average Bonchev–Trinajstić information content (AvgIpc) is 3.45. The van der Waals surface area contributed by atoms with Crippen molar-refractivity contribution in [3.05, 3.63) is 47.1 Å². The first kappa shape index (κ1) is 39.7. The van der Waals surface area contributed by atoms with Crippen LogP contribution in [-0.2, 0) is 33.2 Å². The van der Waals surface area contributed by atoms with E-state index in [0.717, 1.165) is 18.4 Å². The number of rotatable bonds is 4. The Balaban J connectivity index is 1.39. The zero-order valence-corrected chi connectivity index (χ0v) is 31.7. The van der Waals surface area contributed by atoms with Crippen LogP contribution < -0.4 is 5.73 Å². The maximum absolute atomic E-state index is 14.2. The van der Waals surface area contributed by atoms with Gasteiger partial charge in [-0.2, -0.15) is 0 Å². The van der Waals surface area contributed by atoms with Gasteiger partial charge in [-0.1, -0.05) is 64.5 Å². The van der Waals surface area contributed by atoms with Crippen LogP contribution in [0.4, 0.5) is 0 Å². The minimum absolute atomic E-state index is 0.0150. The van der Waals surface area contributed by atoms with E-state index in [0.29, 0.717) is 48.7 Å². The van der Waals surface area contributed by atoms with Gasteiger partial charge in [-0.3, -0.25) is 4.79 Å². The van der Waals surface area contributed by atoms with E-state index in [2.05, 4.69) is 26.8 Å². The van der Waals surface area contributed by atoms with Crippen molar-refractivity contribution in [2.24, 2.45) is 29.4 Å². The van der Waals surface area contributed by atoms with Crippen molar-refractivity contribution in [3.63, 3.8) is 0 Å². The van der Waals surface area contributed by atoms with Gasteiger partial charge in [0.1, 0.15) is 35.9 Å². The number of hydrogen-bond donors (Lipinski definition) is 5. The highest BCUT2D eigenvalue weighted by Crippen LogP contribution is 2.48. The Morgan fingerprint density at radius 2 is 1.83 bits per heavy atom. The molecule has 2 bridgehead atoms. The summed E-state index contributed by atoms with van der Waals surface area (Å²) >= 11 is 0. The molecule has 1 spiro atoms. The second kappa shape index (κ2) is 15.6. The van der Waals surface area contributed by atoms with Gasteiger partial charge in [0, 0.05) is 25.2 Å². The summed E-state index contributed by atoms with van der Waals surface area (Å²) in [4.78, 5) is 14.2. The molecule has 17 atom stereocenters. The summed E-state index contributed by atoms with van der Waals surface area (Å²) in [6.07, 6.45) is 5.20. The second-order valence-corrected chi connectivity index (χ2v) is 16.5. The quantitative estimate of drug-likeness (QED) is 0.211. The van der Waals surface area contributed by atoms with Crippen LogP contribution in [0.1, 0.15) is 87.0 Å². The van der Waals surface area contributed by atoms with Crippen LogP contribution in [0.25, 0.3) is 0 Å². The van der Waals surface area contributed by atoms with Crippen LogP contribution in [-0.4, -0.2) is 112 Å². The van der Waals surface area contributed by atoms with Crippen LogP contribution in [0.3, 0.4) is 0 Å². The Morgan fingerprint density at radius 1 is 1.08 bits per heavy atom. The van der Waals surface area contributed by atoms with Gasteiger partial charge in [-0.25, -0.2) is 0 Å². The summed E-state index contributed by atoms with van der Waals surface area (Å²) in [7, 11) is 0. The highest BCUT2D eigenvalue weighted by atomic mass is 16.7. The Labute approximate surface area is 308 Å². The number of carbonyl (C=O) groups excluding carboxylic acids is 1. The number of esters is 1. The van der Waals surface area contributed by atoms with Crippen molar-refractivity contribution in [2.75, 3.05) is 6.61 Å². The van der Waals surface area contributed by atoms with Crippen molar-refractivity contribution < 1.29 is 53.6 Å². The van der Waals surface area contributed by atoms with Gasteiger partial charge in [0.15, 0.2) is 12.1 Å². The fourth-order valence-corrected chi connectivity index (χ4v) is 9.10. The van der Waals surface area contributed by atoms with Crippen molar-refractivity contribution in [2.45, 2.75) is 166 Å². The molecule has 12 heteroatoms. The Morgan fingerprint density at radius 3 is 2.56 bits per heavy atom. The highest BCUT2D eigenvalue weighted by Gasteiger charge is 2.60. The SMILES string of the molecule is CC[C@H](C)[C@H]1O[C@]2(CC[C@@H]1C)C[C@@H]1C[C@@H](C/C=C(\C)[C@@H](O[C@@H]3O[C@H](C)[C@@H](O)[C@H](N)[C@H]3O)[C@@H](C)/C=C/C=C3\CO[C@@H]4[C@H](O)C(C)=C[C@@H](C(=O)O1)[C@]34O)O2. The lowest BCUT2D eigenvalue weighted by Gasteiger charge is -2.51. The first-order chi connectivity index (χ1) is 24.6. The molecule has 0 amide bonds. The number of aliphatic hydroxyl groups is 4. The van der Waals surface area contributed by atoms with E-state index in [1.807, 2.05) is 19.9 Å². The molecule has 4 fully saturated rings. The highest BCUT2D eigenvalue weighted by molar-refractivity contribution is 5.78. The molecular weight excluding hydrogens is 670 g/mol. The van der Waals surface area contributed by atoms with Crippen LogP contribution in [0.2, 0.25) is 0 Å². The second-order valence-electron chi connectivity index (χ2n) is 16.5. The number of allylic oxidation sites excluding steroid dienone is 2. The molecule has 4 saturated heterocycles. The predicted molar refractivity (Wildman–Crippen MR) is 191 cm³/mol. The third-order valence-electron chi connectivity index (χ3n) is 12.6. The molecule has 1 aliphatic carbocycles. The molecule has 52 heavy (non-hydrogen) atoms. The van der Waals surface area contributed by atoms with E-state index < -0.39 is 78.3 Å². The molecule has 0 aromatic carbocycles. The maximum Gasteiger partial charge on any atom is 0.316 e.